The number of hydrogen-bond acceptors (Lipinski definition) is 5. The molecule has 0 radical (unpaired) electrons. The van der Waals surface area contributed by atoms with E-state index in [-0.39, 0.29) is 42.4 Å². The summed E-state index contributed by atoms with van der Waals surface area (Å²) in [6.45, 7) is 1.33. The average Bonchev–Trinajstić information content (AvgIpc) is 3.35. The number of ether oxygens (including phenoxy) is 1. The Bertz CT molecular complexity index is 1260. The number of anilines is 1. The van der Waals surface area contributed by atoms with Gasteiger partial charge in [0.15, 0.2) is 0 Å². The van der Waals surface area contributed by atoms with Crippen molar-refractivity contribution in [2.45, 2.75) is 44.8 Å². The summed E-state index contributed by atoms with van der Waals surface area (Å²) in [7, 11) is 0. The van der Waals surface area contributed by atoms with E-state index in [1.165, 1.54) is 0 Å². The normalized spacial score (nSPS) is 19.6. The number of carbonyl (C=O) groups is 2. The molecular weight excluding hydrogens is 432 g/mol. The van der Waals surface area contributed by atoms with Crippen molar-refractivity contribution in [3.63, 3.8) is 0 Å². The largest absolute Gasteiger partial charge is 0.376 e. The summed E-state index contributed by atoms with van der Waals surface area (Å²) in [6.07, 6.45) is 3.17. The lowest BCUT2D eigenvalue weighted by Crippen LogP contribution is -2.38. The molecule has 0 bridgehead atoms. The van der Waals surface area contributed by atoms with Crippen LogP contribution in [0.3, 0.4) is 0 Å². The molecule has 0 unspecified atom stereocenters. The van der Waals surface area contributed by atoms with Crippen molar-refractivity contribution in [2.24, 2.45) is 5.92 Å². The van der Waals surface area contributed by atoms with Crippen molar-refractivity contribution in [3.8, 4) is 0 Å². The summed E-state index contributed by atoms with van der Waals surface area (Å²) in [5.41, 5.74) is 2.32. The number of aromatic nitrogens is 2. The highest BCUT2D eigenvalue weighted by atomic mass is 16.5. The summed E-state index contributed by atoms with van der Waals surface area (Å²) >= 11 is 0. The van der Waals surface area contributed by atoms with E-state index < -0.39 is 0 Å². The van der Waals surface area contributed by atoms with Crippen molar-refractivity contribution in [2.75, 3.05) is 18.5 Å². The third-order valence-corrected chi connectivity index (χ3v) is 6.62. The maximum Gasteiger partial charge on any atom is 0.258 e. The number of aromatic amines is 1. The Labute approximate surface area is 197 Å². The van der Waals surface area contributed by atoms with Gasteiger partial charge in [-0.2, -0.15) is 0 Å². The number of benzene rings is 2. The SMILES string of the molecule is O=C1Nc2ccccc2C[C@H]1CCC(=O)N(Cc1nc2ccccc2c(=O)[nH]1)C[C@H]1CCCO1. The van der Waals surface area contributed by atoms with E-state index in [2.05, 4.69) is 15.3 Å². The van der Waals surface area contributed by atoms with Crippen LogP contribution >= 0.6 is 0 Å². The van der Waals surface area contributed by atoms with Gasteiger partial charge >= 0.3 is 0 Å². The first-order valence-corrected chi connectivity index (χ1v) is 11.8. The van der Waals surface area contributed by atoms with Crippen molar-refractivity contribution >= 4 is 28.4 Å². The second kappa shape index (κ2) is 9.77. The fraction of sp³-hybridized carbons (Fsp3) is 0.385. The minimum absolute atomic E-state index is 0.0269. The minimum atomic E-state index is -0.248. The number of nitrogens with zero attached hydrogens (tertiary/aromatic N) is 2. The fourth-order valence-electron chi connectivity index (χ4n) is 4.78. The summed E-state index contributed by atoms with van der Waals surface area (Å²) in [5, 5.41) is 3.47. The molecule has 3 aromatic rings. The number of H-pyrrole nitrogens is 1. The molecule has 2 N–H and O–H groups in total. The van der Waals surface area contributed by atoms with E-state index >= 15 is 0 Å². The van der Waals surface area contributed by atoms with Gasteiger partial charge in [0.05, 0.1) is 23.6 Å². The van der Waals surface area contributed by atoms with Crippen molar-refractivity contribution in [1.82, 2.24) is 14.9 Å². The molecule has 2 aliphatic heterocycles. The molecule has 34 heavy (non-hydrogen) atoms. The molecule has 2 atom stereocenters. The van der Waals surface area contributed by atoms with Gasteiger partial charge in [-0.1, -0.05) is 30.3 Å². The van der Waals surface area contributed by atoms with Gasteiger partial charge in [0.25, 0.3) is 5.56 Å². The first-order valence-electron chi connectivity index (χ1n) is 11.8. The van der Waals surface area contributed by atoms with Gasteiger partial charge < -0.3 is 19.9 Å². The van der Waals surface area contributed by atoms with Crippen LogP contribution in [-0.2, 0) is 27.3 Å². The first kappa shape index (κ1) is 22.3. The molecule has 2 amide bonds. The first-order chi connectivity index (χ1) is 16.6. The molecule has 1 fully saturated rings. The van der Waals surface area contributed by atoms with Crippen LogP contribution in [0, 0.1) is 5.92 Å². The second-order valence-electron chi connectivity index (χ2n) is 9.03. The fourth-order valence-corrected chi connectivity index (χ4v) is 4.78. The zero-order valence-electron chi connectivity index (χ0n) is 19.0. The van der Waals surface area contributed by atoms with E-state index in [0.29, 0.717) is 42.7 Å². The number of rotatable bonds is 7. The second-order valence-corrected chi connectivity index (χ2v) is 9.03. The molecule has 0 saturated carbocycles. The Morgan fingerprint density at radius 1 is 1.12 bits per heavy atom. The Hall–Kier alpha value is -3.52. The van der Waals surface area contributed by atoms with E-state index in [1.54, 1.807) is 23.1 Å². The Balaban J connectivity index is 1.30. The van der Waals surface area contributed by atoms with Crippen LogP contribution in [0.5, 0.6) is 0 Å². The third-order valence-electron chi connectivity index (χ3n) is 6.62. The number of nitrogens with one attached hydrogen (secondary N) is 2. The van der Waals surface area contributed by atoms with Crippen LogP contribution in [0.15, 0.2) is 53.3 Å². The zero-order chi connectivity index (χ0) is 23.5. The summed E-state index contributed by atoms with van der Waals surface area (Å²) in [5.74, 6) is 0.0806. The average molecular weight is 461 g/mol. The molecule has 3 heterocycles. The smallest absolute Gasteiger partial charge is 0.258 e. The van der Waals surface area contributed by atoms with Crippen LogP contribution in [-0.4, -0.2) is 45.9 Å². The molecule has 176 valence electrons. The number of amides is 2. The zero-order valence-corrected chi connectivity index (χ0v) is 19.0. The third kappa shape index (κ3) is 4.87. The Kier molecular flexibility index (Phi) is 6.40. The predicted octanol–water partition coefficient (Wildman–Crippen LogP) is 3.02. The number of fused-ring (bicyclic) bond motifs is 2. The van der Waals surface area contributed by atoms with Crippen LogP contribution < -0.4 is 10.9 Å². The molecule has 2 aliphatic rings. The molecule has 1 aromatic heterocycles. The molecule has 0 aliphatic carbocycles. The predicted molar refractivity (Wildman–Crippen MR) is 128 cm³/mol. The molecule has 0 spiro atoms. The van der Waals surface area contributed by atoms with Gasteiger partial charge in [-0.15, -0.1) is 0 Å². The lowest BCUT2D eigenvalue weighted by molar-refractivity contribution is -0.134. The van der Waals surface area contributed by atoms with Crippen molar-refractivity contribution < 1.29 is 14.3 Å². The van der Waals surface area contributed by atoms with E-state index in [9.17, 15) is 14.4 Å². The van der Waals surface area contributed by atoms with Gasteiger partial charge in [-0.3, -0.25) is 14.4 Å². The van der Waals surface area contributed by atoms with Crippen LogP contribution in [0.25, 0.3) is 10.9 Å². The van der Waals surface area contributed by atoms with Crippen molar-refractivity contribution in [3.05, 3.63) is 70.3 Å². The molecule has 2 aromatic carbocycles. The van der Waals surface area contributed by atoms with Gasteiger partial charge in [-0.05, 0) is 49.4 Å². The number of para-hydroxylation sites is 2. The quantitative estimate of drug-likeness (QED) is 0.564. The topological polar surface area (TPSA) is 104 Å². The van der Waals surface area contributed by atoms with Gasteiger partial charge in [0, 0.05) is 31.2 Å². The highest BCUT2D eigenvalue weighted by Gasteiger charge is 2.28. The molecule has 8 heteroatoms. The molecule has 5 rings (SSSR count). The monoisotopic (exact) mass is 460 g/mol. The van der Waals surface area contributed by atoms with Crippen LogP contribution in [0.4, 0.5) is 5.69 Å². The van der Waals surface area contributed by atoms with Crippen LogP contribution in [0.2, 0.25) is 0 Å². The summed E-state index contributed by atoms with van der Waals surface area (Å²) in [6, 6.07) is 14.9. The lowest BCUT2D eigenvalue weighted by atomic mass is 9.89. The number of hydrogen-bond donors (Lipinski definition) is 2. The van der Waals surface area contributed by atoms with E-state index in [1.807, 2.05) is 30.3 Å². The lowest BCUT2D eigenvalue weighted by Gasteiger charge is -2.27. The summed E-state index contributed by atoms with van der Waals surface area (Å²) < 4.78 is 5.77. The Morgan fingerprint density at radius 2 is 1.94 bits per heavy atom. The standard InChI is InChI=1S/C26H28N4O4/c31-24(12-11-18-14-17-6-1-3-9-21(17)28-25(18)32)30(15-19-7-5-13-34-19)16-23-27-22-10-4-2-8-20(22)26(33)29-23/h1-4,6,8-10,18-19H,5,7,11-16H2,(H,28,32)(H,27,29,33)/t18-,19-/m1/s1. The van der Waals surface area contributed by atoms with Crippen molar-refractivity contribution in [1.29, 1.82) is 0 Å². The highest BCUT2D eigenvalue weighted by molar-refractivity contribution is 5.96. The van der Waals surface area contributed by atoms with Gasteiger partial charge in [0.2, 0.25) is 11.8 Å². The van der Waals surface area contributed by atoms with Gasteiger partial charge in [-0.25, -0.2) is 4.98 Å². The maximum absolute atomic E-state index is 13.3. The molecule has 8 nitrogen and oxygen atoms in total. The van der Waals surface area contributed by atoms with E-state index in [4.69, 9.17) is 4.74 Å². The minimum Gasteiger partial charge on any atom is -0.376 e. The van der Waals surface area contributed by atoms with Gasteiger partial charge in [0.1, 0.15) is 5.82 Å². The molecular formula is C26H28N4O4. The van der Waals surface area contributed by atoms with E-state index in [0.717, 1.165) is 24.1 Å². The van der Waals surface area contributed by atoms with Crippen LogP contribution in [0.1, 0.15) is 37.1 Å². The number of carbonyl (C=O) groups excluding carboxylic acids is 2. The Morgan fingerprint density at radius 3 is 2.79 bits per heavy atom. The summed E-state index contributed by atoms with van der Waals surface area (Å²) in [4.78, 5) is 47.4. The maximum atomic E-state index is 13.3. The highest BCUT2D eigenvalue weighted by Crippen LogP contribution is 2.28. The molecule has 1 saturated heterocycles.